The van der Waals surface area contributed by atoms with Gasteiger partial charge in [0.1, 0.15) is 5.82 Å². The summed E-state index contributed by atoms with van der Waals surface area (Å²) < 4.78 is 2.04. The van der Waals surface area contributed by atoms with Crippen LogP contribution in [0, 0.1) is 5.92 Å². The van der Waals surface area contributed by atoms with Gasteiger partial charge in [-0.15, -0.1) is 34.2 Å². The van der Waals surface area contributed by atoms with Gasteiger partial charge in [-0.25, -0.2) is 0 Å². The highest BCUT2D eigenvalue weighted by Crippen LogP contribution is 2.04. The maximum atomic E-state index is 4.25. The fourth-order valence-corrected chi connectivity index (χ4v) is 2.45. The van der Waals surface area contributed by atoms with Crippen LogP contribution >= 0.6 is 24.0 Å². The van der Waals surface area contributed by atoms with Crippen molar-refractivity contribution in [1.29, 1.82) is 0 Å². The van der Waals surface area contributed by atoms with E-state index in [1.807, 2.05) is 35.8 Å². The average Bonchev–Trinajstić information content (AvgIpc) is 2.96. The molecule has 7 heteroatoms. The molecule has 0 aliphatic rings. The number of nitrogens with zero attached hydrogens (tertiary/aromatic N) is 4. The van der Waals surface area contributed by atoms with Gasteiger partial charge in [0.15, 0.2) is 11.6 Å². The van der Waals surface area contributed by atoms with Gasteiger partial charge in [-0.2, -0.15) is 0 Å². The van der Waals surface area contributed by atoms with Crippen LogP contribution in [0.1, 0.15) is 38.9 Å². The smallest absolute Gasteiger partial charge is 0.190 e. The average molecular weight is 444 g/mol. The highest BCUT2D eigenvalue weighted by atomic mass is 127. The molecular formula is C17H29IN6. The Bertz CT molecular complexity index is 622. The molecule has 0 atom stereocenters. The molecule has 0 unspecified atom stereocenters. The van der Waals surface area contributed by atoms with Crippen molar-refractivity contribution in [2.75, 3.05) is 20.1 Å². The molecule has 0 aromatic carbocycles. The lowest BCUT2D eigenvalue weighted by Gasteiger charge is -2.12. The van der Waals surface area contributed by atoms with Crippen molar-refractivity contribution in [1.82, 2.24) is 25.2 Å². The Hall–Kier alpha value is -1.38. The molecule has 2 N–H and O–H groups in total. The summed E-state index contributed by atoms with van der Waals surface area (Å²) in [5, 5.41) is 15.1. The van der Waals surface area contributed by atoms with E-state index in [1.165, 1.54) is 12.8 Å². The minimum Gasteiger partial charge on any atom is -0.356 e. The number of rotatable bonds is 8. The first-order valence-electron chi connectivity index (χ1n) is 8.44. The molecule has 0 bridgehead atoms. The summed E-state index contributed by atoms with van der Waals surface area (Å²) in [6.07, 6.45) is 6.30. The van der Waals surface area contributed by atoms with Crippen molar-refractivity contribution < 1.29 is 0 Å². The van der Waals surface area contributed by atoms with Crippen LogP contribution in [0.4, 0.5) is 0 Å². The fourth-order valence-electron chi connectivity index (χ4n) is 2.45. The molecule has 0 radical (unpaired) electrons. The number of guanidine groups is 1. The maximum Gasteiger partial charge on any atom is 0.190 e. The summed E-state index contributed by atoms with van der Waals surface area (Å²) in [4.78, 5) is 4.25. The molecule has 2 aromatic rings. The van der Waals surface area contributed by atoms with Crippen LogP contribution in [-0.4, -0.2) is 40.7 Å². The van der Waals surface area contributed by atoms with Gasteiger partial charge in [0.25, 0.3) is 0 Å². The van der Waals surface area contributed by atoms with E-state index >= 15 is 0 Å². The number of nitrogens with one attached hydrogen (secondary N) is 2. The summed E-state index contributed by atoms with van der Waals surface area (Å²) in [7, 11) is 1.81. The van der Waals surface area contributed by atoms with Crippen LogP contribution in [-0.2, 0) is 6.42 Å². The molecule has 2 aromatic heterocycles. The van der Waals surface area contributed by atoms with Crippen LogP contribution in [0.2, 0.25) is 0 Å². The first kappa shape index (κ1) is 20.7. The van der Waals surface area contributed by atoms with Gasteiger partial charge in [0, 0.05) is 32.8 Å². The van der Waals surface area contributed by atoms with Gasteiger partial charge in [0.05, 0.1) is 0 Å². The van der Waals surface area contributed by atoms with Crippen molar-refractivity contribution in [2.24, 2.45) is 10.9 Å². The standard InChI is InChI=1S/C17H28N6.HI/c1-14(2)8-6-11-19-17(18-3)20-12-7-10-16-22-21-15-9-4-5-13-23(15)16;/h4-5,9,13-14H,6-8,10-12H2,1-3H3,(H2,18,19,20);1H. The third-order valence-electron chi connectivity index (χ3n) is 3.73. The molecule has 134 valence electrons. The lowest BCUT2D eigenvalue weighted by atomic mass is 10.1. The molecule has 2 rings (SSSR count). The lowest BCUT2D eigenvalue weighted by Crippen LogP contribution is -2.38. The number of fused-ring (bicyclic) bond motifs is 1. The van der Waals surface area contributed by atoms with E-state index in [-0.39, 0.29) is 24.0 Å². The third kappa shape index (κ3) is 6.62. The molecule has 0 aliphatic heterocycles. The number of halogens is 1. The largest absolute Gasteiger partial charge is 0.356 e. The Morgan fingerprint density at radius 1 is 1.17 bits per heavy atom. The van der Waals surface area contributed by atoms with Gasteiger partial charge in [-0.05, 0) is 37.3 Å². The summed E-state index contributed by atoms with van der Waals surface area (Å²) in [5.41, 5.74) is 0.901. The monoisotopic (exact) mass is 444 g/mol. The quantitative estimate of drug-likeness (QED) is 0.285. The van der Waals surface area contributed by atoms with Gasteiger partial charge in [0.2, 0.25) is 0 Å². The number of aliphatic imine (C=N–C) groups is 1. The fraction of sp³-hybridized carbons (Fsp3) is 0.588. The number of pyridine rings is 1. The Morgan fingerprint density at radius 3 is 2.62 bits per heavy atom. The third-order valence-corrected chi connectivity index (χ3v) is 3.73. The molecule has 24 heavy (non-hydrogen) atoms. The molecule has 6 nitrogen and oxygen atoms in total. The van der Waals surface area contributed by atoms with Gasteiger partial charge >= 0.3 is 0 Å². The van der Waals surface area contributed by atoms with Gasteiger partial charge < -0.3 is 10.6 Å². The molecule has 0 fully saturated rings. The highest BCUT2D eigenvalue weighted by molar-refractivity contribution is 14.0. The summed E-state index contributed by atoms with van der Waals surface area (Å²) >= 11 is 0. The van der Waals surface area contributed by atoms with E-state index in [9.17, 15) is 0 Å². The Labute approximate surface area is 161 Å². The van der Waals surface area contributed by atoms with E-state index in [1.54, 1.807) is 0 Å². The predicted molar refractivity (Wildman–Crippen MR) is 110 cm³/mol. The molecule has 0 amide bonds. The number of hydrogen-bond donors (Lipinski definition) is 2. The minimum absolute atomic E-state index is 0. The van der Waals surface area contributed by atoms with Crippen LogP contribution < -0.4 is 10.6 Å². The van der Waals surface area contributed by atoms with Crippen LogP contribution in [0.25, 0.3) is 5.65 Å². The molecular weight excluding hydrogens is 415 g/mol. The molecule has 0 saturated heterocycles. The second-order valence-corrected chi connectivity index (χ2v) is 6.11. The Kier molecular flexibility index (Phi) is 9.66. The van der Waals surface area contributed by atoms with E-state index < -0.39 is 0 Å². The van der Waals surface area contributed by atoms with E-state index in [2.05, 4.69) is 39.7 Å². The molecule has 0 spiro atoms. The van der Waals surface area contributed by atoms with Gasteiger partial charge in [-0.1, -0.05) is 19.9 Å². The summed E-state index contributed by atoms with van der Waals surface area (Å²) in [6, 6.07) is 5.95. The normalized spacial score (nSPS) is 11.6. The van der Waals surface area contributed by atoms with Crippen LogP contribution in [0.5, 0.6) is 0 Å². The summed E-state index contributed by atoms with van der Waals surface area (Å²) in [5.74, 6) is 2.63. The van der Waals surface area contributed by atoms with Crippen LogP contribution in [0.3, 0.4) is 0 Å². The first-order chi connectivity index (χ1) is 11.2. The van der Waals surface area contributed by atoms with Crippen molar-refractivity contribution in [3.63, 3.8) is 0 Å². The minimum atomic E-state index is 0. The second-order valence-electron chi connectivity index (χ2n) is 6.11. The van der Waals surface area contributed by atoms with Crippen LogP contribution in [0.15, 0.2) is 29.4 Å². The van der Waals surface area contributed by atoms with Crippen molar-refractivity contribution in [2.45, 2.75) is 39.5 Å². The van der Waals surface area contributed by atoms with Crippen molar-refractivity contribution in [3.8, 4) is 0 Å². The zero-order chi connectivity index (χ0) is 16.5. The molecule has 0 saturated carbocycles. The topological polar surface area (TPSA) is 66.6 Å². The predicted octanol–water partition coefficient (Wildman–Crippen LogP) is 2.88. The zero-order valence-electron chi connectivity index (χ0n) is 14.8. The Balaban J connectivity index is 0.00000288. The molecule has 0 aliphatic carbocycles. The first-order valence-corrected chi connectivity index (χ1v) is 8.44. The number of hydrogen-bond acceptors (Lipinski definition) is 3. The SMILES string of the molecule is CN=C(NCCCc1nnc2ccccn12)NCCCC(C)C.I. The van der Waals surface area contributed by atoms with E-state index in [0.29, 0.717) is 0 Å². The van der Waals surface area contributed by atoms with E-state index in [4.69, 9.17) is 0 Å². The van der Waals surface area contributed by atoms with Crippen molar-refractivity contribution >= 4 is 35.6 Å². The maximum absolute atomic E-state index is 4.25. The second kappa shape index (κ2) is 11.2. The highest BCUT2D eigenvalue weighted by Gasteiger charge is 2.04. The number of aromatic nitrogens is 3. The molecule has 2 heterocycles. The lowest BCUT2D eigenvalue weighted by molar-refractivity contribution is 0.549. The summed E-state index contributed by atoms with van der Waals surface area (Å²) in [6.45, 7) is 6.33. The van der Waals surface area contributed by atoms with E-state index in [0.717, 1.165) is 49.3 Å². The van der Waals surface area contributed by atoms with Crippen molar-refractivity contribution in [3.05, 3.63) is 30.2 Å². The zero-order valence-corrected chi connectivity index (χ0v) is 17.2. The Morgan fingerprint density at radius 2 is 1.92 bits per heavy atom. The number of aryl methyl sites for hydroxylation is 1. The van der Waals surface area contributed by atoms with Gasteiger partial charge in [-0.3, -0.25) is 9.39 Å².